The van der Waals surface area contributed by atoms with E-state index in [0.717, 1.165) is 13.0 Å². The molecule has 0 saturated carbocycles. The molecule has 0 aromatic heterocycles. The zero-order valence-electron chi connectivity index (χ0n) is 9.90. The fourth-order valence-electron chi connectivity index (χ4n) is 1.70. The Balaban J connectivity index is 1.73. The Morgan fingerprint density at radius 1 is 1.39 bits per heavy atom. The van der Waals surface area contributed by atoms with Gasteiger partial charge in [0.05, 0.1) is 23.3 Å². The van der Waals surface area contributed by atoms with E-state index in [-0.39, 0.29) is 5.91 Å². The minimum Gasteiger partial charge on any atom is -0.352 e. The molecule has 94 valence electrons. The summed E-state index contributed by atoms with van der Waals surface area (Å²) < 4.78 is 0. The molecule has 0 saturated heterocycles. The van der Waals surface area contributed by atoms with Crippen LogP contribution in [0.3, 0.4) is 0 Å². The smallest absolute Gasteiger partial charge is 0.252 e. The molecule has 1 aromatic rings. The van der Waals surface area contributed by atoms with Gasteiger partial charge in [-0.1, -0.05) is 23.7 Å². The molecule has 1 aliphatic heterocycles. The van der Waals surface area contributed by atoms with Crippen molar-refractivity contribution in [3.05, 3.63) is 47.3 Å². The average Bonchev–Trinajstić information content (AvgIpc) is 2.88. The van der Waals surface area contributed by atoms with Gasteiger partial charge in [0.1, 0.15) is 6.20 Å². The highest BCUT2D eigenvalue weighted by Gasteiger charge is 2.09. The maximum Gasteiger partial charge on any atom is 0.252 e. The Hall–Kier alpha value is -1.65. The first-order chi connectivity index (χ1) is 8.77. The summed E-state index contributed by atoms with van der Waals surface area (Å²) in [6, 6.07) is 7.04. The number of hydrogen-bond donors (Lipinski definition) is 2. The molecule has 0 bridgehead atoms. The summed E-state index contributed by atoms with van der Waals surface area (Å²) in [5.41, 5.74) is 0.522. The Kier molecular flexibility index (Phi) is 4.50. The lowest BCUT2D eigenvalue weighted by Crippen LogP contribution is -3.05. The van der Waals surface area contributed by atoms with Crippen molar-refractivity contribution in [3.8, 4) is 0 Å². The van der Waals surface area contributed by atoms with E-state index in [1.165, 1.54) is 4.90 Å². The summed E-state index contributed by atoms with van der Waals surface area (Å²) >= 11 is 5.94. The van der Waals surface area contributed by atoms with Crippen LogP contribution in [-0.4, -0.2) is 25.3 Å². The van der Waals surface area contributed by atoms with Crippen LogP contribution >= 0.6 is 11.6 Å². The quantitative estimate of drug-likeness (QED) is 0.762. The minimum atomic E-state index is -0.124. The van der Waals surface area contributed by atoms with E-state index in [1.54, 1.807) is 24.4 Å². The lowest BCUT2D eigenvalue weighted by Gasteiger charge is -2.07. The summed E-state index contributed by atoms with van der Waals surface area (Å²) in [7, 11) is 0. The molecule has 1 aliphatic rings. The fourth-order valence-corrected chi connectivity index (χ4v) is 1.93. The highest BCUT2D eigenvalue weighted by atomic mass is 35.5. The van der Waals surface area contributed by atoms with Crippen molar-refractivity contribution in [3.63, 3.8) is 0 Å². The summed E-state index contributed by atoms with van der Waals surface area (Å²) in [5, 5.41) is 3.34. The third kappa shape index (κ3) is 3.42. The third-order valence-electron chi connectivity index (χ3n) is 2.66. The number of aliphatic imine (C=N–C) groups is 1. The van der Waals surface area contributed by atoms with E-state index in [9.17, 15) is 4.79 Å². The van der Waals surface area contributed by atoms with E-state index in [1.807, 2.05) is 18.6 Å². The largest absolute Gasteiger partial charge is 0.352 e. The molecular formula is C13H15ClN3O+. The monoisotopic (exact) mass is 264 g/mol. The fraction of sp³-hybridized carbons (Fsp3) is 0.231. The molecule has 1 heterocycles. The first-order valence-corrected chi connectivity index (χ1v) is 6.23. The molecule has 0 spiro atoms. The summed E-state index contributed by atoms with van der Waals surface area (Å²) in [5.74, 6) is -0.124. The van der Waals surface area contributed by atoms with Crippen molar-refractivity contribution < 1.29 is 9.69 Å². The second-order valence-corrected chi connectivity index (χ2v) is 4.42. The predicted octanol–water partition coefficient (Wildman–Crippen LogP) is 0.858. The van der Waals surface area contributed by atoms with Gasteiger partial charge in [0.25, 0.3) is 5.91 Å². The molecule has 2 rings (SSSR count). The lowest BCUT2D eigenvalue weighted by molar-refractivity contribution is -0.736. The molecule has 0 fully saturated rings. The third-order valence-corrected chi connectivity index (χ3v) is 2.99. The van der Waals surface area contributed by atoms with E-state index in [0.29, 0.717) is 17.1 Å². The Labute approximate surface area is 111 Å². The standard InChI is InChI=1S/C13H14ClN3O/c14-12-5-2-1-4-11(12)13(18)16-6-3-8-17-9-7-15-10-17/h1-2,4-5,7,9-10H,3,6,8H2,(H,16,18)/p+1. The number of nitrogens with zero attached hydrogens (tertiary/aromatic N) is 1. The average molecular weight is 265 g/mol. The first-order valence-electron chi connectivity index (χ1n) is 5.85. The number of halogens is 1. The summed E-state index contributed by atoms with van der Waals surface area (Å²) in [4.78, 5) is 17.0. The van der Waals surface area contributed by atoms with Crippen LogP contribution in [0.1, 0.15) is 16.8 Å². The Morgan fingerprint density at radius 2 is 2.22 bits per heavy atom. The van der Waals surface area contributed by atoms with Crippen LogP contribution in [0.15, 0.2) is 41.7 Å². The molecule has 1 amide bonds. The number of quaternary nitrogens is 1. The van der Waals surface area contributed by atoms with Crippen LogP contribution < -0.4 is 10.2 Å². The van der Waals surface area contributed by atoms with E-state index >= 15 is 0 Å². The molecule has 1 unspecified atom stereocenters. The number of carbonyl (C=O) groups is 1. The molecule has 5 heteroatoms. The van der Waals surface area contributed by atoms with Crippen molar-refractivity contribution in [2.24, 2.45) is 4.99 Å². The van der Waals surface area contributed by atoms with Crippen LogP contribution in [-0.2, 0) is 0 Å². The van der Waals surface area contributed by atoms with Gasteiger partial charge in [0.2, 0.25) is 0 Å². The van der Waals surface area contributed by atoms with Gasteiger partial charge in [-0.2, -0.15) is 0 Å². The topological polar surface area (TPSA) is 45.9 Å². The van der Waals surface area contributed by atoms with Crippen molar-refractivity contribution >= 4 is 23.8 Å². The number of hydrogen-bond acceptors (Lipinski definition) is 2. The van der Waals surface area contributed by atoms with E-state index in [4.69, 9.17) is 11.6 Å². The first kappa shape index (κ1) is 12.8. The maximum atomic E-state index is 11.8. The highest BCUT2D eigenvalue weighted by Crippen LogP contribution is 2.14. The zero-order valence-corrected chi connectivity index (χ0v) is 10.7. The summed E-state index contributed by atoms with van der Waals surface area (Å²) in [6.45, 7) is 1.55. The van der Waals surface area contributed by atoms with Gasteiger partial charge >= 0.3 is 0 Å². The number of amides is 1. The van der Waals surface area contributed by atoms with Gasteiger partial charge in [-0.25, -0.2) is 4.99 Å². The van der Waals surface area contributed by atoms with Crippen molar-refractivity contribution in [1.29, 1.82) is 0 Å². The van der Waals surface area contributed by atoms with Crippen LogP contribution in [0.2, 0.25) is 5.02 Å². The van der Waals surface area contributed by atoms with E-state index in [2.05, 4.69) is 10.3 Å². The molecule has 2 N–H and O–H groups in total. The SMILES string of the molecule is O=C(NCCC[NH+]1C=CN=C1)c1ccccc1Cl. The number of rotatable bonds is 5. The van der Waals surface area contributed by atoms with E-state index < -0.39 is 0 Å². The van der Waals surface area contributed by atoms with Gasteiger partial charge in [0.15, 0.2) is 6.34 Å². The normalized spacial score (nSPS) is 17.1. The van der Waals surface area contributed by atoms with Crippen LogP contribution in [0.5, 0.6) is 0 Å². The van der Waals surface area contributed by atoms with Crippen LogP contribution in [0.25, 0.3) is 0 Å². The Bertz CT molecular complexity index is 473. The predicted molar refractivity (Wildman–Crippen MR) is 71.9 cm³/mol. The zero-order chi connectivity index (χ0) is 12.8. The molecule has 0 aliphatic carbocycles. The second kappa shape index (κ2) is 6.33. The summed E-state index contributed by atoms with van der Waals surface area (Å²) in [6.07, 6.45) is 6.49. The molecule has 4 nitrogen and oxygen atoms in total. The van der Waals surface area contributed by atoms with Crippen molar-refractivity contribution in [2.45, 2.75) is 6.42 Å². The maximum absolute atomic E-state index is 11.8. The van der Waals surface area contributed by atoms with Gasteiger partial charge < -0.3 is 5.32 Å². The van der Waals surface area contributed by atoms with Gasteiger partial charge in [-0.3, -0.25) is 9.69 Å². The number of benzene rings is 1. The van der Waals surface area contributed by atoms with Gasteiger partial charge in [-0.15, -0.1) is 0 Å². The van der Waals surface area contributed by atoms with Crippen molar-refractivity contribution in [1.82, 2.24) is 5.32 Å². The van der Waals surface area contributed by atoms with Crippen LogP contribution in [0.4, 0.5) is 0 Å². The minimum absolute atomic E-state index is 0.124. The number of nitrogens with one attached hydrogen (secondary N) is 2. The molecule has 1 atom stereocenters. The van der Waals surface area contributed by atoms with Crippen LogP contribution in [0, 0.1) is 0 Å². The van der Waals surface area contributed by atoms with Gasteiger partial charge in [-0.05, 0) is 12.1 Å². The van der Waals surface area contributed by atoms with Crippen molar-refractivity contribution in [2.75, 3.05) is 13.1 Å². The lowest BCUT2D eigenvalue weighted by atomic mass is 10.2. The molecule has 18 heavy (non-hydrogen) atoms. The molecule has 0 radical (unpaired) electrons. The number of carbonyl (C=O) groups excluding carboxylic acids is 1. The second-order valence-electron chi connectivity index (χ2n) is 4.01. The highest BCUT2D eigenvalue weighted by molar-refractivity contribution is 6.33. The van der Waals surface area contributed by atoms with Gasteiger partial charge in [0, 0.05) is 13.0 Å². The molecular weight excluding hydrogens is 250 g/mol. The molecule has 1 aromatic carbocycles. The Morgan fingerprint density at radius 3 is 2.94 bits per heavy atom.